The average molecular weight is 240 g/mol. The standard InChI is InChI=1S/C11H20N4O2/c1-8-13-9(5-10(16)14-8)12-6-11(2,17)7-15(3)4/h5,17H,6-7H2,1-4H3,(H2,12,13,14,16). The van der Waals surface area contributed by atoms with Gasteiger partial charge in [-0.3, -0.25) is 4.79 Å². The number of aryl methyl sites for hydroxylation is 1. The molecule has 1 aromatic rings. The third-order valence-corrected chi connectivity index (χ3v) is 2.17. The molecule has 1 unspecified atom stereocenters. The maximum absolute atomic E-state index is 11.2. The molecule has 6 heteroatoms. The summed E-state index contributed by atoms with van der Waals surface area (Å²) in [6.07, 6.45) is 0. The molecule has 1 aromatic heterocycles. The van der Waals surface area contributed by atoms with Crippen LogP contribution < -0.4 is 10.9 Å². The predicted octanol–water partition coefficient (Wildman–Crippen LogP) is -0.197. The molecule has 1 heterocycles. The molecule has 0 radical (unpaired) electrons. The van der Waals surface area contributed by atoms with Crippen molar-refractivity contribution in [1.82, 2.24) is 14.9 Å². The van der Waals surface area contributed by atoms with Crippen LogP contribution in [0.2, 0.25) is 0 Å². The highest BCUT2D eigenvalue weighted by atomic mass is 16.3. The smallest absolute Gasteiger partial charge is 0.252 e. The number of H-pyrrole nitrogens is 1. The van der Waals surface area contributed by atoms with Crippen LogP contribution in [0.3, 0.4) is 0 Å². The van der Waals surface area contributed by atoms with E-state index in [9.17, 15) is 9.90 Å². The summed E-state index contributed by atoms with van der Waals surface area (Å²) in [6, 6.07) is 1.37. The van der Waals surface area contributed by atoms with Crippen LogP contribution in [0.15, 0.2) is 10.9 Å². The summed E-state index contributed by atoms with van der Waals surface area (Å²) in [6.45, 7) is 4.31. The lowest BCUT2D eigenvalue weighted by Gasteiger charge is -2.27. The number of nitrogens with zero attached hydrogens (tertiary/aromatic N) is 2. The molecule has 0 aromatic carbocycles. The van der Waals surface area contributed by atoms with E-state index < -0.39 is 5.60 Å². The molecule has 0 aliphatic carbocycles. The molecule has 0 spiro atoms. The maximum Gasteiger partial charge on any atom is 0.252 e. The van der Waals surface area contributed by atoms with Gasteiger partial charge in [0.2, 0.25) is 0 Å². The third kappa shape index (κ3) is 4.97. The summed E-state index contributed by atoms with van der Waals surface area (Å²) in [5.41, 5.74) is -1.07. The number of nitrogens with one attached hydrogen (secondary N) is 2. The van der Waals surface area contributed by atoms with E-state index >= 15 is 0 Å². The Morgan fingerprint density at radius 1 is 1.59 bits per heavy atom. The van der Waals surface area contributed by atoms with Gasteiger partial charge in [0.25, 0.3) is 5.56 Å². The first-order valence-corrected chi connectivity index (χ1v) is 5.47. The normalized spacial score (nSPS) is 14.7. The van der Waals surface area contributed by atoms with Crippen LogP contribution in [0.5, 0.6) is 0 Å². The highest BCUT2D eigenvalue weighted by molar-refractivity contribution is 5.33. The topological polar surface area (TPSA) is 81.2 Å². The Morgan fingerprint density at radius 3 is 2.76 bits per heavy atom. The fraction of sp³-hybridized carbons (Fsp3) is 0.636. The highest BCUT2D eigenvalue weighted by Crippen LogP contribution is 2.06. The Hall–Kier alpha value is -1.40. The second kappa shape index (κ2) is 5.29. The van der Waals surface area contributed by atoms with Gasteiger partial charge in [-0.15, -0.1) is 0 Å². The number of aliphatic hydroxyl groups is 1. The maximum atomic E-state index is 11.2. The number of hydrogen-bond donors (Lipinski definition) is 3. The van der Waals surface area contributed by atoms with Crippen LogP contribution in [0.1, 0.15) is 12.7 Å². The Balaban J connectivity index is 2.63. The van der Waals surface area contributed by atoms with Gasteiger partial charge in [-0.2, -0.15) is 0 Å². The van der Waals surface area contributed by atoms with E-state index in [1.807, 2.05) is 19.0 Å². The highest BCUT2D eigenvalue weighted by Gasteiger charge is 2.21. The molecular weight excluding hydrogens is 220 g/mol. The zero-order valence-electron chi connectivity index (χ0n) is 10.7. The Kier molecular flexibility index (Phi) is 4.25. The van der Waals surface area contributed by atoms with Crippen molar-refractivity contribution >= 4 is 5.82 Å². The number of aromatic amines is 1. The first-order chi connectivity index (χ1) is 7.78. The van der Waals surface area contributed by atoms with E-state index in [0.29, 0.717) is 24.7 Å². The number of rotatable bonds is 5. The second-order valence-corrected chi connectivity index (χ2v) is 4.80. The van der Waals surface area contributed by atoms with Crippen LogP contribution in [-0.4, -0.2) is 52.8 Å². The molecule has 0 bridgehead atoms. The lowest BCUT2D eigenvalue weighted by molar-refractivity contribution is 0.0459. The molecule has 3 N–H and O–H groups in total. The zero-order chi connectivity index (χ0) is 13.1. The molecule has 1 atom stereocenters. The number of likely N-dealkylation sites (N-methyl/N-ethyl adjacent to an activating group) is 1. The quantitative estimate of drug-likeness (QED) is 0.664. The van der Waals surface area contributed by atoms with Crippen molar-refractivity contribution in [2.45, 2.75) is 19.4 Å². The zero-order valence-corrected chi connectivity index (χ0v) is 10.7. The lowest BCUT2D eigenvalue weighted by Crippen LogP contribution is -2.43. The minimum atomic E-state index is -0.873. The van der Waals surface area contributed by atoms with Crippen molar-refractivity contribution in [3.63, 3.8) is 0 Å². The molecule has 0 aliphatic heterocycles. The molecule has 0 saturated carbocycles. The summed E-state index contributed by atoms with van der Waals surface area (Å²) in [7, 11) is 3.79. The first-order valence-electron chi connectivity index (χ1n) is 5.47. The Morgan fingerprint density at radius 2 is 2.24 bits per heavy atom. The van der Waals surface area contributed by atoms with E-state index in [1.54, 1.807) is 13.8 Å². The summed E-state index contributed by atoms with van der Waals surface area (Å²) in [4.78, 5) is 19.8. The first kappa shape index (κ1) is 13.7. The molecule has 0 saturated heterocycles. The van der Waals surface area contributed by atoms with Gasteiger partial charge in [-0.05, 0) is 27.9 Å². The molecule has 0 aliphatic rings. The minimum absolute atomic E-state index is 0.202. The van der Waals surface area contributed by atoms with Gasteiger partial charge in [-0.1, -0.05) is 0 Å². The van der Waals surface area contributed by atoms with Gasteiger partial charge in [0, 0.05) is 19.2 Å². The summed E-state index contributed by atoms with van der Waals surface area (Å²) < 4.78 is 0. The molecule has 96 valence electrons. The van der Waals surface area contributed by atoms with Crippen molar-refractivity contribution < 1.29 is 5.11 Å². The van der Waals surface area contributed by atoms with E-state index in [0.717, 1.165) is 0 Å². The Bertz CT molecular complexity index is 426. The lowest BCUT2D eigenvalue weighted by atomic mass is 10.1. The van der Waals surface area contributed by atoms with Crippen LogP contribution in [0.4, 0.5) is 5.82 Å². The molecule has 1 rings (SSSR count). The van der Waals surface area contributed by atoms with E-state index in [-0.39, 0.29) is 5.56 Å². The van der Waals surface area contributed by atoms with Crippen molar-refractivity contribution in [1.29, 1.82) is 0 Å². The molecule has 17 heavy (non-hydrogen) atoms. The molecule has 6 nitrogen and oxygen atoms in total. The average Bonchev–Trinajstić information content (AvgIpc) is 2.11. The van der Waals surface area contributed by atoms with Gasteiger partial charge in [0.15, 0.2) is 0 Å². The van der Waals surface area contributed by atoms with Crippen LogP contribution in [-0.2, 0) is 0 Å². The van der Waals surface area contributed by atoms with E-state index in [1.165, 1.54) is 6.07 Å². The van der Waals surface area contributed by atoms with Gasteiger partial charge < -0.3 is 20.3 Å². The van der Waals surface area contributed by atoms with Crippen molar-refractivity contribution in [3.05, 3.63) is 22.2 Å². The largest absolute Gasteiger partial charge is 0.387 e. The van der Waals surface area contributed by atoms with Gasteiger partial charge in [0.1, 0.15) is 11.6 Å². The van der Waals surface area contributed by atoms with Gasteiger partial charge in [0.05, 0.1) is 5.60 Å². The van der Waals surface area contributed by atoms with E-state index in [4.69, 9.17) is 0 Å². The second-order valence-electron chi connectivity index (χ2n) is 4.80. The summed E-state index contributed by atoms with van der Waals surface area (Å²) in [5, 5.41) is 13.0. The summed E-state index contributed by atoms with van der Waals surface area (Å²) >= 11 is 0. The summed E-state index contributed by atoms with van der Waals surface area (Å²) in [5.74, 6) is 1.03. The fourth-order valence-electron chi connectivity index (χ4n) is 1.69. The van der Waals surface area contributed by atoms with Crippen LogP contribution in [0, 0.1) is 6.92 Å². The van der Waals surface area contributed by atoms with Crippen molar-refractivity contribution in [3.8, 4) is 0 Å². The minimum Gasteiger partial charge on any atom is -0.387 e. The Labute approximate surface area is 101 Å². The molecular formula is C11H20N4O2. The number of aromatic nitrogens is 2. The number of hydrogen-bond acceptors (Lipinski definition) is 5. The van der Waals surface area contributed by atoms with Crippen molar-refractivity contribution in [2.75, 3.05) is 32.5 Å². The molecule has 0 amide bonds. The van der Waals surface area contributed by atoms with Crippen LogP contribution >= 0.6 is 0 Å². The van der Waals surface area contributed by atoms with Crippen molar-refractivity contribution in [2.24, 2.45) is 0 Å². The van der Waals surface area contributed by atoms with Gasteiger partial charge >= 0.3 is 0 Å². The SMILES string of the molecule is Cc1nc(NCC(C)(O)CN(C)C)cc(=O)[nH]1. The van der Waals surface area contributed by atoms with Gasteiger partial charge in [-0.25, -0.2) is 4.98 Å². The molecule has 0 fully saturated rings. The van der Waals surface area contributed by atoms with Crippen LogP contribution in [0.25, 0.3) is 0 Å². The third-order valence-electron chi connectivity index (χ3n) is 2.17. The van der Waals surface area contributed by atoms with E-state index in [2.05, 4.69) is 15.3 Å². The number of anilines is 1. The fourth-order valence-corrected chi connectivity index (χ4v) is 1.69. The predicted molar refractivity (Wildman–Crippen MR) is 67.3 cm³/mol. The monoisotopic (exact) mass is 240 g/mol.